The fraction of sp³-hybridized carbons (Fsp3) is 0.538. The molecule has 9 heteroatoms. The minimum atomic E-state index is -1.62. The molecule has 5 atom stereocenters. The van der Waals surface area contributed by atoms with Crippen molar-refractivity contribution in [1.82, 2.24) is 14.5 Å². The van der Waals surface area contributed by atoms with E-state index in [0.29, 0.717) is 16.2 Å². The summed E-state index contributed by atoms with van der Waals surface area (Å²) < 4.78 is 5.97. The summed E-state index contributed by atoms with van der Waals surface area (Å²) in [5, 5.41) is 32.1. The average Bonchev–Trinajstić information content (AvgIpc) is 2.91. The maximum atomic E-state index is 10.5. The normalized spacial score (nSPS) is 35.0. The van der Waals surface area contributed by atoms with Gasteiger partial charge < -0.3 is 24.6 Å². The maximum absolute atomic E-state index is 10.5. The standard InChI is InChI=1S/C13H15ClIN3O4/c1-12(20)7(19)10(22-11(12)13(2,15)21)18-4-3-6-8(14)16-5-17-9(6)18/h3-5,7,10-11,19-21H,1-2H3/t7-,10+,11-,12-,13?/m0/s1. The molecule has 7 nitrogen and oxygen atoms in total. The lowest BCUT2D eigenvalue weighted by atomic mass is 9.91. The highest BCUT2D eigenvalue weighted by molar-refractivity contribution is 14.1. The van der Waals surface area contributed by atoms with Crippen LogP contribution in [0.1, 0.15) is 20.1 Å². The number of hydrogen-bond acceptors (Lipinski definition) is 6. The van der Waals surface area contributed by atoms with E-state index in [2.05, 4.69) is 9.97 Å². The number of rotatable bonds is 2. The van der Waals surface area contributed by atoms with Crippen LogP contribution >= 0.6 is 34.2 Å². The molecule has 0 amide bonds. The molecule has 1 saturated heterocycles. The van der Waals surface area contributed by atoms with Crippen LogP contribution in [0, 0.1) is 0 Å². The van der Waals surface area contributed by atoms with Crippen molar-refractivity contribution in [2.24, 2.45) is 0 Å². The number of ether oxygens (including phenoxy) is 1. The summed E-state index contributed by atoms with van der Waals surface area (Å²) >= 11 is 7.78. The maximum Gasteiger partial charge on any atom is 0.164 e. The van der Waals surface area contributed by atoms with Gasteiger partial charge in [-0.25, -0.2) is 9.97 Å². The van der Waals surface area contributed by atoms with E-state index < -0.39 is 27.6 Å². The summed E-state index contributed by atoms with van der Waals surface area (Å²) in [6.07, 6.45) is -0.158. The molecule has 3 heterocycles. The summed E-state index contributed by atoms with van der Waals surface area (Å²) in [7, 11) is 0. The summed E-state index contributed by atoms with van der Waals surface area (Å²) in [6.45, 7) is 2.94. The van der Waals surface area contributed by atoms with Crippen LogP contribution in [0.4, 0.5) is 0 Å². The van der Waals surface area contributed by atoms with Gasteiger partial charge in [-0.15, -0.1) is 0 Å². The Morgan fingerprint density at radius 3 is 2.77 bits per heavy atom. The van der Waals surface area contributed by atoms with Crippen molar-refractivity contribution in [3.05, 3.63) is 23.7 Å². The zero-order valence-corrected chi connectivity index (χ0v) is 14.7. The topological polar surface area (TPSA) is 101 Å². The summed E-state index contributed by atoms with van der Waals surface area (Å²) in [5.41, 5.74) is -1.14. The molecular formula is C13H15ClIN3O4. The van der Waals surface area contributed by atoms with Crippen LogP contribution in [0.25, 0.3) is 11.0 Å². The monoisotopic (exact) mass is 439 g/mol. The molecule has 0 spiro atoms. The van der Waals surface area contributed by atoms with E-state index in [-0.39, 0.29) is 0 Å². The van der Waals surface area contributed by atoms with Gasteiger partial charge in [0.05, 0.1) is 5.39 Å². The molecule has 0 saturated carbocycles. The summed E-state index contributed by atoms with van der Waals surface area (Å²) in [4.78, 5) is 8.04. The van der Waals surface area contributed by atoms with Gasteiger partial charge in [0.1, 0.15) is 38.5 Å². The quantitative estimate of drug-likeness (QED) is 0.370. The van der Waals surface area contributed by atoms with Crippen molar-refractivity contribution in [2.75, 3.05) is 0 Å². The van der Waals surface area contributed by atoms with Gasteiger partial charge in [0, 0.05) is 6.20 Å². The highest BCUT2D eigenvalue weighted by Crippen LogP contribution is 2.44. The number of fused-ring (bicyclic) bond motifs is 1. The largest absolute Gasteiger partial charge is 0.385 e. The minimum Gasteiger partial charge on any atom is -0.385 e. The van der Waals surface area contributed by atoms with Crippen molar-refractivity contribution in [2.45, 2.75) is 41.5 Å². The molecule has 120 valence electrons. The van der Waals surface area contributed by atoms with Crippen LogP contribution in [-0.2, 0) is 4.74 Å². The Kier molecular flexibility index (Phi) is 3.90. The lowest BCUT2D eigenvalue weighted by molar-refractivity contribution is -0.114. The zero-order valence-electron chi connectivity index (χ0n) is 11.8. The van der Waals surface area contributed by atoms with Crippen LogP contribution in [0.15, 0.2) is 18.6 Å². The van der Waals surface area contributed by atoms with E-state index in [0.717, 1.165) is 0 Å². The van der Waals surface area contributed by atoms with E-state index in [1.54, 1.807) is 39.4 Å². The third-order valence-corrected chi connectivity index (χ3v) is 4.76. The van der Waals surface area contributed by atoms with Gasteiger partial charge in [0.25, 0.3) is 0 Å². The Hall–Kier alpha value is -0.520. The fourth-order valence-corrected chi connectivity index (χ4v) is 3.78. The number of halogens is 2. The first-order valence-electron chi connectivity index (χ1n) is 6.58. The van der Waals surface area contributed by atoms with Crippen LogP contribution in [0.2, 0.25) is 5.15 Å². The predicted molar refractivity (Wildman–Crippen MR) is 87.7 cm³/mol. The molecule has 0 bridgehead atoms. The Labute approximate surface area is 145 Å². The predicted octanol–water partition coefficient (Wildman–Crippen LogP) is 1.24. The van der Waals surface area contributed by atoms with Crippen LogP contribution in [-0.4, -0.2) is 51.3 Å². The lowest BCUT2D eigenvalue weighted by Crippen LogP contribution is -2.52. The second kappa shape index (κ2) is 5.25. The zero-order chi connectivity index (χ0) is 16.3. The molecule has 0 radical (unpaired) electrons. The van der Waals surface area contributed by atoms with Crippen LogP contribution < -0.4 is 0 Å². The molecule has 3 rings (SSSR count). The molecule has 22 heavy (non-hydrogen) atoms. The van der Waals surface area contributed by atoms with Gasteiger partial charge in [-0.05, 0) is 42.5 Å². The second-order valence-corrected chi connectivity index (χ2v) is 8.27. The number of nitrogens with zero attached hydrogens (tertiary/aromatic N) is 3. The third-order valence-electron chi connectivity index (χ3n) is 3.89. The molecule has 2 aromatic heterocycles. The summed E-state index contributed by atoms with van der Waals surface area (Å²) in [6, 6.07) is 1.71. The van der Waals surface area contributed by atoms with Gasteiger partial charge >= 0.3 is 0 Å². The molecule has 1 aliphatic heterocycles. The average molecular weight is 440 g/mol. The molecule has 0 aromatic carbocycles. The Bertz CT molecular complexity index is 715. The van der Waals surface area contributed by atoms with Crippen molar-refractivity contribution >= 4 is 45.2 Å². The Balaban J connectivity index is 2.07. The van der Waals surface area contributed by atoms with E-state index in [1.165, 1.54) is 20.2 Å². The van der Waals surface area contributed by atoms with E-state index >= 15 is 0 Å². The Morgan fingerprint density at radius 1 is 1.50 bits per heavy atom. The first-order chi connectivity index (χ1) is 10.1. The van der Waals surface area contributed by atoms with E-state index in [1.807, 2.05) is 0 Å². The van der Waals surface area contributed by atoms with Gasteiger partial charge in [-0.3, -0.25) is 0 Å². The molecule has 2 aromatic rings. The highest BCUT2D eigenvalue weighted by Gasteiger charge is 2.58. The molecule has 0 aliphatic carbocycles. The van der Waals surface area contributed by atoms with Gasteiger partial charge in [-0.1, -0.05) is 11.6 Å². The SMILES string of the molecule is CC(O)(I)[C@H]1O[C@@H](n2ccc3c(Cl)ncnc32)[C@H](O)[C@]1(C)O. The second-order valence-electron chi connectivity index (χ2n) is 5.73. The lowest BCUT2D eigenvalue weighted by Gasteiger charge is -2.32. The number of alkyl halides is 1. The van der Waals surface area contributed by atoms with E-state index in [4.69, 9.17) is 16.3 Å². The molecule has 1 aliphatic rings. The number of hydrogen-bond donors (Lipinski definition) is 3. The number of aliphatic hydroxyl groups is 3. The van der Waals surface area contributed by atoms with Crippen LogP contribution in [0.3, 0.4) is 0 Å². The summed E-state index contributed by atoms with van der Waals surface area (Å²) in [5.74, 6) is 0. The van der Waals surface area contributed by atoms with Crippen molar-refractivity contribution in [3.63, 3.8) is 0 Å². The van der Waals surface area contributed by atoms with Crippen LogP contribution in [0.5, 0.6) is 0 Å². The number of aliphatic hydroxyl groups excluding tert-OH is 1. The van der Waals surface area contributed by atoms with Crippen molar-refractivity contribution < 1.29 is 20.1 Å². The molecular weight excluding hydrogens is 425 g/mol. The van der Waals surface area contributed by atoms with Crippen molar-refractivity contribution in [1.29, 1.82) is 0 Å². The third kappa shape index (κ3) is 2.42. The first kappa shape index (κ1) is 16.3. The van der Waals surface area contributed by atoms with Gasteiger partial charge in [0.15, 0.2) is 6.23 Å². The molecule has 1 unspecified atom stereocenters. The number of aromatic nitrogens is 3. The van der Waals surface area contributed by atoms with Gasteiger partial charge in [-0.2, -0.15) is 0 Å². The van der Waals surface area contributed by atoms with Gasteiger partial charge in [0.2, 0.25) is 0 Å². The molecule has 3 N–H and O–H groups in total. The minimum absolute atomic E-state index is 0.292. The molecule has 1 fully saturated rings. The van der Waals surface area contributed by atoms with E-state index in [9.17, 15) is 15.3 Å². The Morgan fingerprint density at radius 2 is 2.18 bits per heavy atom. The highest BCUT2D eigenvalue weighted by atomic mass is 127. The smallest absolute Gasteiger partial charge is 0.164 e. The fourth-order valence-electron chi connectivity index (χ4n) is 2.82. The first-order valence-corrected chi connectivity index (χ1v) is 8.04. The van der Waals surface area contributed by atoms with Crippen molar-refractivity contribution in [3.8, 4) is 0 Å².